The summed E-state index contributed by atoms with van der Waals surface area (Å²) in [6.07, 6.45) is 6.37. The zero-order valence-corrected chi connectivity index (χ0v) is 13.9. The van der Waals surface area contributed by atoms with Gasteiger partial charge in [-0.1, -0.05) is 12.8 Å². The molecular weight excluding hydrogens is 292 g/mol. The third-order valence-electron chi connectivity index (χ3n) is 4.89. The Balaban J connectivity index is 1.74. The van der Waals surface area contributed by atoms with Crippen LogP contribution in [-0.2, 0) is 4.79 Å². The van der Waals surface area contributed by atoms with Crippen molar-refractivity contribution >= 4 is 17.7 Å². The minimum Gasteiger partial charge on any atom is -0.481 e. The summed E-state index contributed by atoms with van der Waals surface area (Å²) in [4.78, 5) is 25.0. The summed E-state index contributed by atoms with van der Waals surface area (Å²) >= 11 is 0. The predicted octanol–water partition coefficient (Wildman–Crippen LogP) is 2.47. The van der Waals surface area contributed by atoms with E-state index in [1.54, 1.807) is 0 Å². The Bertz CT molecular complexity index is 548. The van der Waals surface area contributed by atoms with Gasteiger partial charge in [0, 0.05) is 37.9 Å². The Morgan fingerprint density at radius 1 is 1.04 bits per heavy atom. The molecule has 0 atom stereocenters. The smallest absolute Gasteiger partial charge is 0.306 e. The monoisotopic (exact) mass is 318 g/mol. The van der Waals surface area contributed by atoms with Crippen molar-refractivity contribution < 1.29 is 9.90 Å². The summed E-state index contributed by atoms with van der Waals surface area (Å²) in [5.41, 5.74) is 0.981. The fourth-order valence-electron chi connectivity index (χ4n) is 3.47. The molecule has 0 saturated carbocycles. The maximum Gasteiger partial charge on any atom is 0.306 e. The van der Waals surface area contributed by atoms with Crippen molar-refractivity contribution in [2.75, 3.05) is 36.0 Å². The number of aryl methyl sites for hydroxylation is 1. The topological polar surface area (TPSA) is 69.6 Å². The number of carboxylic acid groups (broad SMARTS) is 1. The molecule has 1 aromatic rings. The highest BCUT2D eigenvalue weighted by Gasteiger charge is 2.26. The lowest BCUT2D eigenvalue weighted by atomic mass is 9.97. The van der Waals surface area contributed by atoms with Gasteiger partial charge in [-0.05, 0) is 32.6 Å². The van der Waals surface area contributed by atoms with Crippen LogP contribution < -0.4 is 9.80 Å². The first kappa shape index (κ1) is 16.0. The van der Waals surface area contributed by atoms with Crippen molar-refractivity contribution in [2.45, 2.75) is 45.4 Å². The fourth-order valence-corrected chi connectivity index (χ4v) is 3.47. The molecule has 0 aliphatic carbocycles. The molecule has 2 fully saturated rings. The van der Waals surface area contributed by atoms with Crippen molar-refractivity contribution in [1.82, 2.24) is 9.97 Å². The Labute approximate surface area is 137 Å². The summed E-state index contributed by atoms with van der Waals surface area (Å²) in [5, 5.41) is 9.13. The molecule has 23 heavy (non-hydrogen) atoms. The molecule has 6 nitrogen and oxygen atoms in total. The van der Waals surface area contributed by atoms with E-state index < -0.39 is 5.97 Å². The standard InChI is InChI=1S/C17H26N4O2/c1-13-12-15(20-10-6-14(7-11-20)16(22)23)19-17(18-13)21-8-4-2-3-5-9-21/h12,14H,2-11H2,1H3,(H,22,23). The Kier molecular flexibility index (Phi) is 4.98. The molecular formula is C17H26N4O2. The zero-order valence-electron chi connectivity index (χ0n) is 13.9. The highest BCUT2D eigenvalue weighted by molar-refractivity contribution is 5.70. The lowest BCUT2D eigenvalue weighted by Gasteiger charge is -2.32. The third-order valence-corrected chi connectivity index (χ3v) is 4.89. The molecule has 3 rings (SSSR count). The number of nitrogens with zero attached hydrogens (tertiary/aromatic N) is 4. The van der Waals surface area contributed by atoms with Crippen molar-refractivity contribution in [3.05, 3.63) is 11.8 Å². The van der Waals surface area contributed by atoms with Crippen LogP contribution in [0.3, 0.4) is 0 Å². The third kappa shape index (κ3) is 3.92. The van der Waals surface area contributed by atoms with Gasteiger partial charge in [-0.2, -0.15) is 4.98 Å². The van der Waals surface area contributed by atoms with Crippen LogP contribution in [0.15, 0.2) is 6.07 Å². The molecule has 0 aromatic carbocycles. The molecule has 2 saturated heterocycles. The molecule has 6 heteroatoms. The number of hydrogen-bond acceptors (Lipinski definition) is 5. The van der Waals surface area contributed by atoms with Crippen molar-refractivity contribution in [2.24, 2.45) is 5.92 Å². The maximum atomic E-state index is 11.1. The van der Waals surface area contributed by atoms with Gasteiger partial charge < -0.3 is 14.9 Å². The quantitative estimate of drug-likeness (QED) is 0.923. The summed E-state index contributed by atoms with van der Waals surface area (Å²) < 4.78 is 0. The Morgan fingerprint density at radius 2 is 1.70 bits per heavy atom. The number of aromatic nitrogens is 2. The molecule has 3 heterocycles. The summed E-state index contributed by atoms with van der Waals surface area (Å²) in [7, 11) is 0. The number of piperidine rings is 1. The van der Waals surface area contributed by atoms with E-state index in [4.69, 9.17) is 10.1 Å². The molecule has 1 aromatic heterocycles. The molecule has 0 bridgehead atoms. The van der Waals surface area contributed by atoms with E-state index in [2.05, 4.69) is 14.8 Å². The van der Waals surface area contributed by atoms with Gasteiger partial charge >= 0.3 is 5.97 Å². The first-order chi connectivity index (χ1) is 11.1. The number of carbonyl (C=O) groups is 1. The lowest BCUT2D eigenvalue weighted by Crippen LogP contribution is -2.37. The summed E-state index contributed by atoms with van der Waals surface area (Å²) in [5.74, 6) is 0.899. The van der Waals surface area contributed by atoms with E-state index in [1.807, 2.05) is 13.0 Å². The van der Waals surface area contributed by atoms with Gasteiger partial charge in [-0.25, -0.2) is 4.98 Å². The molecule has 126 valence electrons. The Hall–Kier alpha value is -1.85. The van der Waals surface area contributed by atoms with Gasteiger partial charge in [0.25, 0.3) is 0 Å². The van der Waals surface area contributed by atoms with E-state index in [9.17, 15) is 4.79 Å². The predicted molar refractivity (Wildman–Crippen MR) is 90.0 cm³/mol. The molecule has 0 unspecified atom stereocenters. The number of rotatable bonds is 3. The summed E-state index contributed by atoms with van der Waals surface area (Å²) in [6.45, 7) is 5.59. The van der Waals surface area contributed by atoms with E-state index in [0.29, 0.717) is 12.8 Å². The molecule has 0 spiro atoms. The fraction of sp³-hybridized carbons (Fsp3) is 0.706. The maximum absolute atomic E-state index is 11.1. The van der Waals surface area contributed by atoms with Crippen LogP contribution in [0.5, 0.6) is 0 Å². The Morgan fingerprint density at radius 3 is 2.30 bits per heavy atom. The minimum absolute atomic E-state index is 0.209. The molecule has 2 aliphatic heterocycles. The molecule has 1 N–H and O–H groups in total. The van der Waals surface area contributed by atoms with Crippen LogP contribution >= 0.6 is 0 Å². The van der Waals surface area contributed by atoms with E-state index >= 15 is 0 Å². The highest BCUT2D eigenvalue weighted by Crippen LogP contribution is 2.25. The largest absolute Gasteiger partial charge is 0.481 e. The second-order valence-corrected chi connectivity index (χ2v) is 6.67. The van der Waals surface area contributed by atoms with Crippen LogP contribution in [0, 0.1) is 12.8 Å². The second kappa shape index (κ2) is 7.15. The van der Waals surface area contributed by atoms with Gasteiger partial charge in [0.2, 0.25) is 5.95 Å². The van der Waals surface area contributed by atoms with E-state index in [0.717, 1.165) is 43.6 Å². The lowest BCUT2D eigenvalue weighted by molar-refractivity contribution is -0.142. The van der Waals surface area contributed by atoms with Crippen LogP contribution in [0.4, 0.5) is 11.8 Å². The number of carboxylic acids is 1. The van der Waals surface area contributed by atoms with Gasteiger partial charge in [0.1, 0.15) is 5.82 Å². The normalized spacial score (nSPS) is 20.4. The van der Waals surface area contributed by atoms with Gasteiger partial charge in [-0.3, -0.25) is 4.79 Å². The van der Waals surface area contributed by atoms with E-state index in [1.165, 1.54) is 25.7 Å². The summed E-state index contributed by atoms with van der Waals surface area (Å²) in [6, 6.07) is 2.02. The van der Waals surface area contributed by atoms with Crippen LogP contribution in [0.2, 0.25) is 0 Å². The zero-order chi connectivity index (χ0) is 16.2. The van der Waals surface area contributed by atoms with Gasteiger partial charge in [0.15, 0.2) is 0 Å². The van der Waals surface area contributed by atoms with Crippen LogP contribution in [0.1, 0.15) is 44.2 Å². The number of hydrogen-bond donors (Lipinski definition) is 1. The molecule has 0 amide bonds. The SMILES string of the molecule is Cc1cc(N2CCC(C(=O)O)CC2)nc(N2CCCCCC2)n1. The first-order valence-electron chi connectivity index (χ1n) is 8.72. The van der Waals surface area contributed by atoms with E-state index in [-0.39, 0.29) is 5.92 Å². The number of aliphatic carboxylic acids is 1. The van der Waals surface area contributed by atoms with Crippen LogP contribution in [0.25, 0.3) is 0 Å². The van der Waals surface area contributed by atoms with Crippen molar-refractivity contribution in [3.8, 4) is 0 Å². The average molecular weight is 318 g/mol. The second-order valence-electron chi connectivity index (χ2n) is 6.67. The highest BCUT2D eigenvalue weighted by atomic mass is 16.4. The van der Waals surface area contributed by atoms with Crippen molar-refractivity contribution in [1.29, 1.82) is 0 Å². The average Bonchev–Trinajstić information content (AvgIpc) is 2.83. The molecule has 2 aliphatic rings. The van der Waals surface area contributed by atoms with Gasteiger partial charge in [0.05, 0.1) is 5.92 Å². The minimum atomic E-state index is -0.672. The van der Waals surface area contributed by atoms with Gasteiger partial charge in [-0.15, -0.1) is 0 Å². The van der Waals surface area contributed by atoms with Crippen LogP contribution in [-0.4, -0.2) is 47.2 Å². The van der Waals surface area contributed by atoms with Crippen molar-refractivity contribution in [3.63, 3.8) is 0 Å². The number of anilines is 2. The molecule has 0 radical (unpaired) electrons. The first-order valence-corrected chi connectivity index (χ1v) is 8.72.